The molecular formula is C9H14N2O. The highest BCUT2D eigenvalue weighted by Gasteiger charge is 2.12. The average Bonchev–Trinajstić information content (AvgIpc) is 2.50. The molecule has 0 aliphatic carbocycles. The fourth-order valence-electron chi connectivity index (χ4n) is 1.65. The van der Waals surface area contributed by atoms with Crippen molar-refractivity contribution in [2.24, 2.45) is 5.73 Å². The molecule has 66 valence electrons. The summed E-state index contributed by atoms with van der Waals surface area (Å²) in [6, 6.07) is 2.15. The van der Waals surface area contributed by atoms with Crippen LogP contribution in [0.15, 0.2) is 12.3 Å². The fourth-order valence-corrected chi connectivity index (χ4v) is 1.65. The second-order valence-corrected chi connectivity index (χ2v) is 3.07. The van der Waals surface area contributed by atoms with Crippen LogP contribution in [0.3, 0.4) is 0 Å². The number of rotatable bonds is 2. The highest BCUT2D eigenvalue weighted by Crippen LogP contribution is 2.16. The van der Waals surface area contributed by atoms with Gasteiger partial charge in [-0.15, -0.1) is 0 Å². The van der Waals surface area contributed by atoms with E-state index < -0.39 is 0 Å². The third-order valence-electron chi connectivity index (χ3n) is 2.30. The van der Waals surface area contributed by atoms with Crippen LogP contribution in [0, 0.1) is 0 Å². The summed E-state index contributed by atoms with van der Waals surface area (Å²) in [6.45, 7) is 3.29. The molecule has 0 aromatic carbocycles. The van der Waals surface area contributed by atoms with Gasteiger partial charge in [-0.2, -0.15) is 0 Å². The van der Waals surface area contributed by atoms with Gasteiger partial charge in [0, 0.05) is 18.4 Å². The van der Waals surface area contributed by atoms with Crippen LogP contribution < -0.4 is 5.73 Å². The van der Waals surface area contributed by atoms with Crippen molar-refractivity contribution in [1.29, 1.82) is 0 Å². The predicted octanol–water partition coefficient (Wildman–Crippen LogP) is 0.519. The molecule has 2 N–H and O–H groups in total. The first kappa shape index (κ1) is 7.83. The van der Waals surface area contributed by atoms with E-state index in [0.29, 0.717) is 0 Å². The SMILES string of the molecule is NCCc1ccn2c1COCC2. The van der Waals surface area contributed by atoms with E-state index in [4.69, 9.17) is 10.5 Å². The van der Waals surface area contributed by atoms with Crippen LogP contribution in [0.2, 0.25) is 0 Å². The summed E-state index contributed by atoms with van der Waals surface area (Å²) in [6.07, 6.45) is 3.09. The Morgan fingerprint density at radius 2 is 2.50 bits per heavy atom. The Kier molecular flexibility index (Phi) is 2.15. The minimum absolute atomic E-state index is 0.719. The van der Waals surface area contributed by atoms with E-state index in [1.165, 1.54) is 11.3 Å². The molecule has 1 aromatic heterocycles. The fraction of sp³-hybridized carbons (Fsp3) is 0.556. The van der Waals surface area contributed by atoms with Crippen molar-refractivity contribution in [3.8, 4) is 0 Å². The van der Waals surface area contributed by atoms with Gasteiger partial charge in [0.05, 0.1) is 13.2 Å². The number of nitrogens with zero attached hydrogens (tertiary/aromatic N) is 1. The van der Waals surface area contributed by atoms with Crippen LogP contribution in [0.25, 0.3) is 0 Å². The van der Waals surface area contributed by atoms with E-state index in [0.717, 1.165) is 32.7 Å². The molecule has 2 rings (SSSR count). The Balaban J connectivity index is 2.25. The van der Waals surface area contributed by atoms with Gasteiger partial charge in [0.1, 0.15) is 0 Å². The van der Waals surface area contributed by atoms with Gasteiger partial charge in [0.15, 0.2) is 0 Å². The normalized spacial score (nSPS) is 16.1. The van der Waals surface area contributed by atoms with E-state index in [1.807, 2.05) is 0 Å². The van der Waals surface area contributed by atoms with Gasteiger partial charge in [-0.1, -0.05) is 0 Å². The van der Waals surface area contributed by atoms with Gasteiger partial charge in [0.2, 0.25) is 0 Å². The minimum Gasteiger partial charge on any atom is -0.373 e. The van der Waals surface area contributed by atoms with Crippen LogP contribution in [0.5, 0.6) is 0 Å². The molecular weight excluding hydrogens is 152 g/mol. The summed E-state index contributed by atoms with van der Waals surface area (Å²) in [7, 11) is 0. The summed E-state index contributed by atoms with van der Waals surface area (Å²) in [5.74, 6) is 0. The van der Waals surface area contributed by atoms with Gasteiger partial charge in [0.25, 0.3) is 0 Å². The van der Waals surface area contributed by atoms with E-state index in [2.05, 4.69) is 16.8 Å². The topological polar surface area (TPSA) is 40.2 Å². The van der Waals surface area contributed by atoms with Crippen molar-refractivity contribution >= 4 is 0 Å². The van der Waals surface area contributed by atoms with Gasteiger partial charge in [-0.05, 0) is 24.6 Å². The summed E-state index contributed by atoms with van der Waals surface area (Å²) in [5, 5.41) is 0. The van der Waals surface area contributed by atoms with Crippen molar-refractivity contribution in [2.45, 2.75) is 19.6 Å². The van der Waals surface area contributed by atoms with Crippen molar-refractivity contribution in [3.05, 3.63) is 23.5 Å². The molecule has 1 aliphatic heterocycles. The Morgan fingerprint density at radius 1 is 1.58 bits per heavy atom. The molecule has 0 bridgehead atoms. The maximum Gasteiger partial charge on any atom is 0.0871 e. The first-order valence-electron chi connectivity index (χ1n) is 4.36. The zero-order valence-corrected chi connectivity index (χ0v) is 7.12. The van der Waals surface area contributed by atoms with E-state index in [-0.39, 0.29) is 0 Å². The summed E-state index contributed by atoms with van der Waals surface area (Å²) < 4.78 is 7.64. The molecule has 0 amide bonds. The molecule has 0 fully saturated rings. The zero-order valence-electron chi connectivity index (χ0n) is 7.12. The lowest BCUT2D eigenvalue weighted by Gasteiger charge is -2.17. The van der Waals surface area contributed by atoms with Crippen molar-refractivity contribution in [1.82, 2.24) is 4.57 Å². The third-order valence-corrected chi connectivity index (χ3v) is 2.30. The summed E-state index contributed by atoms with van der Waals surface area (Å²) >= 11 is 0. The number of aromatic nitrogens is 1. The largest absolute Gasteiger partial charge is 0.373 e. The molecule has 12 heavy (non-hydrogen) atoms. The first-order chi connectivity index (χ1) is 5.92. The highest BCUT2D eigenvalue weighted by molar-refractivity contribution is 5.23. The van der Waals surface area contributed by atoms with E-state index in [1.54, 1.807) is 0 Å². The molecule has 3 nitrogen and oxygen atoms in total. The molecule has 0 unspecified atom stereocenters. The standard InChI is InChI=1S/C9H14N2O/c10-3-1-8-2-4-11-5-6-12-7-9(8)11/h2,4H,1,3,5-7,10H2. The van der Waals surface area contributed by atoms with Crippen molar-refractivity contribution in [2.75, 3.05) is 13.2 Å². The molecule has 0 spiro atoms. The quantitative estimate of drug-likeness (QED) is 0.695. The molecule has 0 radical (unpaired) electrons. The smallest absolute Gasteiger partial charge is 0.0871 e. The lowest BCUT2D eigenvalue weighted by Crippen LogP contribution is -2.17. The number of hydrogen-bond donors (Lipinski definition) is 1. The van der Waals surface area contributed by atoms with Crippen molar-refractivity contribution < 1.29 is 4.74 Å². The van der Waals surface area contributed by atoms with Gasteiger partial charge >= 0.3 is 0 Å². The number of fused-ring (bicyclic) bond motifs is 1. The van der Waals surface area contributed by atoms with Gasteiger partial charge in [-0.25, -0.2) is 0 Å². The first-order valence-corrected chi connectivity index (χ1v) is 4.36. The number of ether oxygens (including phenoxy) is 1. The van der Waals surface area contributed by atoms with Crippen LogP contribution in [0.4, 0.5) is 0 Å². The maximum absolute atomic E-state index is 5.50. The Labute approximate surface area is 72.1 Å². The third kappa shape index (κ3) is 1.26. The Hall–Kier alpha value is -0.800. The summed E-state index contributed by atoms with van der Waals surface area (Å²) in [5.41, 5.74) is 8.16. The van der Waals surface area contributed by atoms with Gasteiger partial charge < -0.3 is 15.0 Å². The van der Waals surface area contributed by atoms with Gasteiger partial charge in [-0.3, -0.25) is 0 Å². The molecule has 1 aliphatic rings. The Bertz CT molecular complexity index is 267. The molecule has 0 saturated heterocycles. The maximum atomic E-state index is 5.50. The lowest BCUT2D eigenvalue weighted by molar-refractivity contribution is 0.0843. The van der Waals surface area contributed by atoms with Crippen LogP contribution in [-0.4, -0.2) is 17.7 Å². The molecule has 3 heteroatoms. The molecule has 2 heterocycles. The average molecular weight is 166 g/mol. The monoisotopic (exact) mass is 166 g/mol. The van der Waals surface area contributed by atoms with Crippen LogP contribution >= 0.6 is 0 Å². The predicted molar refractivity (Wildman–Crippen MR) is 46.8 cm³/mol. The highest BCUT2D eigenvalue weighted by atomic mass is 16.5. The van der Waals surface area contributed by atoms with Crippen LogP contribution in [-0.2, 0) is 24.3 Å². The second-order valence-electron chi connectivity index (χ2n) is 3.07. The number of nitrogens with two attached hydrogens (primary N) is 1. The second kappa shape index (κ2) is 3.29. The minimum atomic E-state index is 0.719. The summed E-state index contributed by atoms with van der Waals surface area (Å²) in [4.78, 5) is 0. The lowest BCUT2D eigenvalue weighted by atomic mass is 10.2. The molecule has 0 saturated carbocycles. The molecule has 0 atom stereocenters. The molecule has 1 aromatic rings. The van der Waals surface area contributed by atoms with Crippen LogP contribution in [0.1, 0.15) is 11.3 Å². The van der Waals surface area contributed by atoms with Crippen molar-refractivity contribution in [3.63, 3.8) is 0 Å². The number of hydrogen-bond acceptors (Lipinski definition) is 2. The Morgan fingerprint density at radius 3 is 3.33 bits per heavy atom. The van der Waals surface area contributed by atoms with E-state index in [9.17, 15) is 0 Å². The van der Waals surface area contributed by atoms with E-state index >= 15 is 0 Å². The zero-order chi connectivity index (χ0) is 8.39.